The van der Waals surface area contributed by atoms with Crippen LogP contribution in [0.15, 0.2) is 71.2 Å². The van der Waals surface area contributed by atoms with Gasteiger partial charge in [-0.2, -0.15) is 5.10 Å². The number of aromatic amines is 1. The van der Waals surface area contributed by atoms with Crippen molar-refractivity contribution in [2.24, 2.45) is 9.98 Å². The summed E-state index contributed by atoms with van der Waals surface area (Å²) in [4.78, 5) is 12.5. The number of pyridine rings is 1. The van der Waals surface area contributed by atoms with E-state index in [1.54, 1.807) is 30.7 Å². The molecule has 1 aromatic carbocycles. The van der Waals surface area contributed by atoms with E-state index >= 15 is 0 Å². The lowest BCUT2D eigenvalue weighted by Gasteiger charge is -2.15. The van der Waals surface area contributed by atoms with Crippen LogP contribution in [0.3, 0.4) is 0 Å². The standard InChI is InChI=1S/C22H22FN5O/c1-24-8-9-25-7-6-21-10-17(19-13-26-27-14-19)11-22(28-21)12-18(15-29)16-2-4-20(23)5-3-16/h2-5,7-11,13-14,18,29H,1,6,12,15H2,(H,26,27)/b9-8-,25-7?. The second-order valence-corrected chi connectivity index (χ2v) is 6.48. The molecule has 3 aromatic rings. The Balaban J connectivity index is 1.87. The Morgan fingerprint density at radius 1 is 1.14 bits per heavy atom. The van der Waals surface area contributed by atoms with Gasteiger partial charge in [-0.15, -0.1) is 0 Å². The van der Waals surface area contributed by atoms with Crippen LogP contribution in [0.1, 0.15) is 22.9 Å². The summed E-state index contributed by atoms with van der Waals surface area (Å²) in [5, 5.41) is 16.7. The van der Waals surface area contributed by atoms with E-state index in [1.165, 1.54) is 18.3 Å². The van der Waals surface area contributed by atoms with Crippen LogP contribution >= 0.6 is 0 Å². The summed E-state index contributed by atoms with van der Waals surface area (Å²) in [7, 11) is 0. The van der Waals surface area contributed by atoms with Crippen LogP contribution in [-0.4, -0.2) is 39.8 Å². The Bertz CT molecular complexity index is 981. The number of nitrogens with one attached hydrogen (secondary N) is 1. The lowest BCUT2D eigenvalue weighted by atomic mass is 9.93. The minimum Gasteiger partial charge on any atom is -0.396 e. The maximum absolute atomic E-state index is 13.2. The molecular formula is C22H22FN5O. The number of aliphatic imine (C=N–C) groups is 2. The molecule has 0 spiro atoms. The van der Waals surface area contributed by atoms with Crippen molar-refractivity contribution in [1.82, 2.24) is 15.2 Å². The van der Waals surface area contributed by atoms with Crippen LogP contribution in [0.25, 0.3) is 11.1 Å². The highest BCUT2D eigenvalue weighted by atomic mass is 19.1. The van der Waals surface area contributed by atoms with Crippen LogP contribution in [-0.2, 0) is 12.8 Å². The molecule has 1 atom stereocenters. The molecule has 2 heterocycles. The predicted octanol–water partition coefficient (Wildman–Crippen LogP) is 3.71. The van der Waals surface area contributed by atoms with Crippen molar-refractivity contribution < 1.29 is 9.50 Å². The average Bonchev–Trinajstić information content (AvgIpc) is 3.27. The van der Waals surface area contributed by atoms with Gasteiger partial charge in [-0.05, 0) is 48.5 Å². The molecule has 0 saturated heterocycles. The highest BCUT2D eigenvalue weighted by Crippen LogP contribution is 2.25. The van der Waals surface area contributed by atoms with Gasteiger partial charge in [-0.1, -0.05) is 12.1 Å². The van der Waals surface area contributed by atoms with E-state index < -0.39 is 0 Å². The lowest BCUT2D eigenvalue weighted by Crippen LogP contribution is -2.10. The van der Waals surface area contributed by atoms with Crippen molar-refractivity contribution in [3.05, 3.63) is 84.0 Å². The smallest absolute Gasteiger partial charge is 0.123 e. The highest BCUT2D eigenvalue weighted by Gasteiger charge is 2.14. The minimum absolute atomic E-state index is 0.0562. The van der Waals surface area contributed by atoms with E-state index in [9.17, 15) is 9.50 Å². The SMILES string of the molecule is C=N/C=C\N=CCc1cc(-c2cn[nH]c2)cc(CC(CO)c2ccc(F)cc2)n1. The first-order valence-electron chi connectivity index (χ1n) is 9.17. The summed E-state index contributed by atoms with van der Waals surface area (Å²) in [6.45, 7) is 3.30. The normalized spacial score (nSPS) is 12.6. The highest BCUT2D eigenvalue weighted by molar-refractivity contribution is 5.66. The summed E-state index contributed by atoms with van der Waals surface area (Å²) in [6.07, 6.45) is 9.45. The fourth-order valence-electron chi connectivity index (χ4n) is 3.00. The summed E-state index contributed by atoms with van der Waals surface area (Å²) >= 11 is 0. The fourth-order valence-corrected chi connectivity index (χ4v) is 3.00. The molecule has 0 fully saturated rings. The maximum atomic E-state index is 13.2. The molecule has 7 heteroatoms. The van der Waals surface area contributed by atoms with Crippen LogP contribution in [0, 0.1) is 5.82 Å². The molecule has 0 aliphatic heterocycles. The van der Waals surface area contributed by atoms with Gasteiger partial charge in [0.2, 0.25) is 0 Å². The Kier molecular flexibility index (Phi) is 7.13. The van der Waals surface area contributed by atoms with E-state index in [4.69, 9.17) is 4.98 Å². The van der Waals surface area contributed by atoms with Gasteiger partial charge in [0.1, 0.15) is 5.82 Å². The molecule has 1 unspecified atom stereocenters. The van der Waals surface area contributed by atoms with Crippen molar-refractivity contribution in [2.75, 3.05) is 6.61 Å². The number of hydrogen-bond acceptors (Lipinski definition) is 5. The zero-order valence-corrected chi connectivity index (χ0v) is 15.9. The topological polar surface area (TPSA) is 86.5 Å². The van der Waals surface area contributed by atoms with Crippen molar-refractivity contribution in [2.45, 2.75) is 18.8 Å². The Morgan fingerprint density at radius 3 is 2.62 bits per heavy atom. The molecule has 0 amide bonds. The van der Waals surface area contributed by atoms with E-state index in [0.717, 1.165) is 28.1 Å². The number of benzene rings is 1. The van der Waals surface area contributed by atoms with Crippen molar-refractivity contribution in [3.63, 3.8) is 0 Å². The van der Waals surface area contributed by atoms with Crippen LogP contribution < -0.4 is 0 Å². The molecule has 0 saturated carbocycles. The second kappa shape index (κ2) is 10.2. The third-order valence-corrected chi connectivity index (χ3v) is 4.44. The number of rotatable bonds is 9. The number of nitrogens with zero attached hydrogens (tertiary/aromatic N) is 4. The molecule has 29 heavy (non-hydrogen) atoms. The van der Waals surface area contributed by atoms with Gasteiger partial charge >= 0.3 is 0 Å². The number of H-pyrrole nitrogens is 1. The molecule has 0 aliphatic carbocycles. The Morgan fingerprint density at radius 2 is 1.93 bits per heavy atom. The molecule has 2 aromatic heterocycles. The minimum atomic E-state index is -0.298. The first-order valence-corrected chi connectivity index (χ1v) is 9.17. The quantitative estimate of drug-likeness (QED) is 0.545. The summed E-state index contributed by atoms with van der Waals surface area (Å²) in [6, 6.07) is 10.2. The third-order valence-electron chi connectivity index (χ3n) is 4.44. The Hall–Kier alpha value is -3.45. The molecule has 0 aliphatic rings. The zero-order chi connectivity index (χ0) is 20.5. The van der Waals surface area contributed by atoms with Gasteiger partial charge in [-0.3, -0.25) is 20.1 Å². The van der Waals surface area contributed by atoms with Gasteiger partial charge < -0.3 is 5.11 Å². The van der Waals surface area contributed by atoms with Gasteiger partial charge in [0.25, 0.3) is 0 Å². The molecule has 148 valence electrons. The van der Waals surface area contributed by atoms with Gasteiger partial charge in [0, 0.05) is 54.1 Å². The Labute approximate surface area is 168 Å². The van der Waals surface area contributed by atoms with Crippen LogP contribution in [0.2, 0.25) is 0 Å². The molecule has 0 radical (unpaired) electrons. The van der Waals surface area contributed by atoms with E-state index in [-0.39, 0.29) is 18.3 Å². The number of aromatic nitrogens is 3. The third kappa shape index (κ3) is 5.76. The van der Waals surface area contributed by atoms with Crippen molar-refractivity contribution in [3.8, 4) is 11.1 Å². The van der Waals surface area contributed by atoms with Crippen LogP contribution in [0.5, 0.6) is 0 Å². The summed E-state index contributed by atoms with van der Waals surface area (Å²) in [5.41, 5.74) is 4.47. The van der Waals surface area contributed by atoms with Gasteiger partial charge in [-0.25, -0.2) is 4.39 Å². The van der Waals surface area contributed by atoms with Crippen molar-refractivity contribution >= 4 is 12.9 Å². The number of hydrogen-bond donors (Lipinski definition) is 2. The van der Waals surface area contributed by atoms with Gasteiger partial charge in [0.15, 0.2) is 0 Å². The first kappa shape index (κ1) is 20.3. The maximum Gasteiger partial charge on any atom is 0.123 e. The van der Waals surface area contributed by atoms with Gasteiger partial charge in [0.05, 0.1) is 12.8 Å². The van der Waals surface area contributed by atoms with Crippen LogP contribution in [0.4, 0.5) is 4.39 Å². The molecule has 2 N–H and O–H groups in total. The number of aliphatic hydroxyl groups excluding tert-OH is 1. The largest absolute Gasteiger partial charge is 0.396 e. The molecule has 3 rings (SSSR count). The van der Waals surface area contributed by atoms with E-state index in [1.807, 2.05) is 18.3 Å². The van der Waals surface area contributed by atoms with E-state index in [2.05, 4.69) is 26.9 Å². The number of halogens is 1. The summed E-state index contributed by atoms with van der Waals surface area (Å²) in [5.74, 6) is -0.474. The first-order chi connectivity index (χ1) is 14.2. The predicted molar refractivity (Wildman–Crippen MR) is 113 cm³/mol. The average molecular weight is 391 g/mol. The fraction of sp³-hybridized carbons (Fsp3) is 0.182. The monoisotopic (exact) mass is 391 g/mol. The lowest BCUT2D eigenvalue weighted by molar-refractivity contribution is 0.263. The second-order valence-electron chi connectivity index (χ2n) is 6.48. The molecular weight excluding hydrogens is 369 g/mol. The molecule has 0 bridgehead atoms. The number of aliphatic hydroxyl groups is 1. The van der Waals surface area contributed by atoms with Crippen molar-refractivity contribution in [1.29, 1.82) is 0 Å². The zero-order valence-electron chi connectivity index (χ0n) is 15.9. The van der Waals surface area contributed by atoms with E-state index in [0.29, 0.717) is 12.8 Å². The molecule has 6 nitrogen and oxygen atoms in total. The summed E-state index contributed by atoms with van der Waals surface area (Å²) < 4.78 is 13.2.